The average molecular weight is 448 g/mol. The smallest absolute Gasteiger partial charge is 0.416 e. The normalized spacial score (nSPS) is 16.1. The van der Waals surface area contributed by atoms with Crippen LogP contribution in [0.5, 0.6) is 0 Å². The molecule has 1 heterocycles. The van der Waals surface area contributed by atoms with Crippen LogP contribution in [-0.4, -0.2) is 27.6 Å². The SMILES string of the molecule is O=C(O)Cn1c2c(c3cc(F)ccc31)CC(NC(=O)Cc1cccc(C(F)(F)F)c1)CC2. The third-order valence-corrected chi connectivity index (χ3v) is 5.71. The molecule has 1 aromatic heterocycles. The van der Waals surface area contributed by atoms with Crippen molar-refractivity contribution in [2.24, 2.45) is 0 Å². The van der Waals surface area contributed by atoms with Gasteiger partial charge in [0.05, 0.1) is 12.0 Å². The molecule has 1 atom stereocenters. The van der Waals surface area contributed by atoms with Gasteiger partial charge in [-0.25, -0.2) is 4.39 Å². The van der Waals surface area contributed by atoms with E-state index in [2.05, 4.69) is 5.32 Å². The van der Waals surface area contributed by atoms with Gasteiger partial charge in [0.2, 0.25) is 5.91 Å². The van der Waals surface area contributed by atoms with E-state index in [4.69, 9.17) is 0 Å². The van der Waals surface area contributed by atoms with Crippen LogP contribution in [0.4, 0.5) is 17.6 Å². The standard InChI is InChI=1S/C23H20F4N2O3/c24-15-4-6-19-17(10-15)18-11-16(5-7-20(18)29(19)12-22(31)32)28-21(30)9-13-2-1-3-14(8-13)23(25,26)27/h1-4,6,8,10,16H,5,7,9,11-12H2,(H,28,30)(H,31,32). The molecule has 0 saturated carbocycles. The maximum Gasteiger partial charge on any atom is 0.416 e. The first kappa shape index (κ1) is 21.9. The molecule has 0 fully saturated rings. The Kier molecular flexibility index (Phi) is 5.66. The fraction of sp³-hybridized carbons (Fsp3) is 0.304. The number of benzene rings is 2. The van der Waals surface area contributed by atoms with Gasteiger partial charge in [0.25, 0.3) is 0 Å². The lowest BCUT2D eigenvalue weighted by molar-refractivity contribution is -0.138. The summed E-state index contributed by atoms with van der Waals surface area (Å²) in [5.74, 6) is -1.85. The number of carboxylic acids is 1. The number of hydrogen-bond acceptors (Lipinski definition) is 2. The van der Waals surface area contributed by atoms with Crippen LogP contribution in [0.15, 0.2) is 42.5 Å². The topological polar surface area (TPSA) is 71.3 Å². The molecule has 32 heavy (non-hydrogen) atoms. The lowest BCUT2D eigenvalue weighted by Crippen LogP contribution is -2.39. The molecule has 1 aliphatic carbocycles. The predicted molar refractivity (Wildman–Crippen MR) is 109 cm³/mol. The third-order valence-electron chi connectivity index (χ3n) is 5.71. The molecule has 4 rings (SSSR count). The number of aromatic nitrogens is 1. The lowest BCUT2D eigenvalue weighted by atomic mass is 9.91. The van der Waals surface area contributed by atoms with Gasteiger partial charge in [-0.3, -0.25) is 9.59 Å². The number of halogens is 4. The summed E-state index contributed by atoms with van der Waals surface area (Å²) in [6.45, 7) is -0.246. The van der Waals surface area contributed by atoms with Crippen molar-refractivity contribution < 1.29 is 32.3 Å². The van der Waals surface area contributed by atoms with E-state index in [0.29, 0.717) is 30.2 Å². The second-order valence-corrected chi connectivity index (χ2v) is 7.95. The highest BCUT2D eigenvalue weighted by atomic mass is 19.4. The molecule has 5 nitrogen and oxygen atoms in total. The molecule has 9 heteroatoms. The first-order valence-electron chi connectivity index (χ1n) is 10.1. The van der Waals surface area contributed by atoms with Crippen LogP contribution in [-0.2, 0) is 41.6 Å². The zero-order valence-electron chi connectivity index (χ0n) is 16.9. The number of fused-ring (bicyclic) bond motifs is 3. The van der Waals surface area contributed by atoms with Crippen molar-refractivity contribution in [2.45, 2.75) is 44.4 Å². The molecule has 0 spiro atoms. The number of carbonyl (C=O) groups excluding carboxylic acids is 1. The molecule has 0 saturated heterocycles. The van der Waals surface area contributed by atoms with E-state index in [9.17, 15) is 32.3 Å². The summed E-state index contributed by atoms with van der Waals surface area (Å²) in [6.07, 6.45) is -3.25. The van der Waals surface area contributed by atoms with Crippen LogP contribution < -0.4 is 5.32 Å². The fourth-order valence-electron chi connectivity index (χ4n) is 4.38. The van der Waals surface area contributed by atoms with Crippen molar-refractivity contribution in [3.63, 3.8) is 0 Å². The summed E-state index contributed by atoms with van der Waals surface area (Å²) < 4.78 is 54.2. The van der Waals surface area contributed by atoms with Gasteiger partial charge in [0.15, 0.2) is 0 Å². The largest absolute Gasteiger partial charge is 0.480 e. The van der Waals surface area contributed by atoms with Crippen molar-refractivity contribution in [3.05, 3.63) is 70.7 Å². The van der Waals surface area contributed by atoms with Crippen LogP contribution in [0, 0.1) is 5.82 Å². The maximum absolute atomic E-state index is 13.9. The van der Waals surface area contributed by atoms with Crippen molar-refractivity contribution in [3.8, 4) is 0 Å². The molecule has 168 valence electrons. The first-order valence-corrected chi connectivity index (χ1v) is 10.1. The van der Waals surface area contributed by atoms with Gasteiger partial charge < -0.3 is 15.0 Å². The van der Waals surface area contributed by atoms with Crippen LogP contribution in [0.3, 0.4) is 0 Å². The number of hydrogen-bond donors (Lipinski definition) is 2. The molecule has 0 radical (unpaired) electrons. The van der Waals surface area contributed by atoms with E-state index >= 15 is 0 Å². The minimum Gasteiger partial charge on any atom is -0.480 e. The van der Waals surface area contributed by atoms with E-state index in [1.165, 1.54) is 24.3 Å². The number of nitrogens with zero attached hydrogens (tertiary/aromatic N) is 1. The maximum atomic E-state index is 13.9. The third kappa shape index (κ3) is 4.46. The van der Waals surface area contributed by atoms with Crippen LogP contribution in [0.25, 0.3) is 10.9 Å². The molecule has 0 bridgehead atoms. The van der Waals surface area contributed by atoms with Gasteiger partial charge in [-0.1, -0.05) is 18.2 Å². The molecule has 1 unspecified atom stereocenters. The quantitative estimate of drug-likeness (QED) is 0.578. The van der Waals surface area contributed by atoms with E-state index in [1.54, 1.807) is 10.6 Å². The monoisotopic (exact) mass is 448 g/mol. The van der Waals surface area contributed by atoms with E-state index in [1.807, 2.05) is 0 Å². The van der Waals surface area contributed by atoms with Gasteiger partial charge in [-0.2, -0.15) is 13.2 Å². The number of alkyl halides is 3. The Hall–Kier alpha value is -3.36. The Morgan fingerprint density at radius 3 is 2.66 bits per heavy atom. The Labute approximate surface area is 180 Å². The predicted octanol–water partition coefficient (Wildman–Crippen LogP) is 4.10. The molecule has 0 aliphatic heterocycles. The van der Waals surface area contributed by atoms with Crippen molar-refractivity contribution in [1.82, 2.24) is 9.88 Å². The Bertz CT molecular complexity index is 1200. The van der Waals surface area contributed by atoms with Gasteiger partial charge in [0.1, 0.15) is 12.4 Å². The van der Waals surface area contributed by atoms with Crippen molar-refractivity contribution in [2.75, 3.05) is 0 Å². The van der Waals surface area contributed by atoms with E-state index in [-0.39, 0.29) is 24.6 Å². The number of carboxylic acid groups (broad SMARTS) is 1. The Morgan fingerprint density at radius 2 is 1.94 bits per heavy atom. The number of carbonyl (C=O) groups is 2. The highest BCUT2D eigenvalue weighted by Gasteiger charge is 2.31. The zero-order valence-corrected chi connectivity index (χ0v) is 16.9. The van der Waals surface area contributed by atoms with E-state index < -0.39 is 29.4 Å². The summed E-state index contributed by atoms with van der Waals surface area (Å²) in [5.41, 5.74) is 1.66. The van der Waals surface area contributed by atoms with Gasteiger partial charge in [0, 0.05) is 22.6 Å². The van der Waals surface area contributed by atoms with Crippen molar-refractivity contribution >= 4 is 22.8 Å². The zero-order chi connectivity index (χ0) is 23.0. The molecule has 3 aromatic rings. The van der Waals surface area contributed by atoms with Gasteiger partial charge in [-0.15, -0.1) is 0 Å². The first-order chi connectivity index (χ1) is 15.1. The minimum absolute atomic E-state index is 0.192. The molecular weight excluding hydrogens is 428 g/mol. The number of aliphatic carboxylic acids is 1. The summed E-state index contributed by atoms with van der Waals surface area (Å²) in [7, 11) is 0. The summed E-state index contributed by atoms with van der Waals surface area (Å²) in [4.78, 5) is 23.8. The Morgan fingerprint density at radius 1 is 1.16 bits per heavy atom. The number of rotatable bonds is 5. The number of amides is 1. The number of nitrogens with one attached hydrogen (secondary N) is 1. The summed E-state index contributed by atoms with van der Waals surface area (Å²) >= 11 is 0. The van der Waals surface area contributed by atoms with Crippen LogP contribution in [0.1, 0.15) is 28.8 Å². The van der Waals surface area contributed by atoms with Gasteiger partial charge in [-0.05, 0) is 54.7 Å². The molecule has 2 aromatic carbocycles. The lowest BCUT2D eigenvalue weighted by Gasteiger charge is -2.25. The minimum atomic E-state index is -4.48. The molecular formula is C23H20F4N2O3. The summed E-state index contributed by atoms with van der Waals surface area (Å²) in [5, 5.41) is 12.7. The second kappa shape index (κ2) is 8.29. The van der Waals surface area contributed by atoms with Crippen molar-refractivity contribution in [1.29, 1.82) is 0 Å². The molecule has 1 amide bonds. The van der Waals surface area contributed by atoms with Crippen LogP contribution >= 0.6 is 0 Å². The van der Waals surface area contributed by atoms with Crippen LogP contribution in [0.2, 0.25) is 0 Å². The summed E-state index contributed by atoms with van der Waals surface area (Å²) in [6, 6.07) is 8.55. The van der Waals surface area contributed by atoms with E-state index in [0.717, 1.165) is 23.4 Å². The van der Waals surface area contributed by atoms with Gasteiger partial charge >= 0.3 is 12.1 Å². The highest BCUT2D eigenvalue weighted by Crippen LogP contribution is 2.33. The average Bonchev–Trinajstić information content (AvgIpc) is 2.99. The second-order valence-electron chi connectivity index (χ2n) is 7.95. The molecule has 2 N–H and O–H groups in total. The highest BCUT2D eigenvalue weighted by molar-refractivity contribution is 5.87. The Balaban J connectivity index is 1.52. The molecule has 1 aliphatic rings. The fourth-order valence-corrected chi connectivity index (χ4v) is 4.38.